The summed E-state index contributed by atoms with van der Waals surface area (Å²) >= 11 is 0. The lowest BCUT2D eigenvalue weighted by Gasteiger charge is -2.27. The van der Waals surface area contributed by atoms with Crippen molar-refractivity contribution in [3.05, 3.63) is 82.2 Å². The van der Waals surface area contributed by atoms with E-state index in [1.54, 1.807) is 4.90 Å². The van der Waals surface area contributed by atoms with Crippen molar-refractivity contribution in [3.8, 4) is 0 Å². The number of Topliss-reactive ketones (excluding diaryl/α,β-unsaturated/α-hetero) is 1. The summed E-state index contributed by atoms with van der Waals surface area (Å²) in [7, 11) is 0. The summed E-state index contributed by atoms with van der Waals surface area (Å²) < 4.78 is 0. The summed E-state index contributed by atoms with van der Waals surface area (Å²) in [4.78, 5) is 30.2. The molecule has 5 nitrogen and oxygen atoms in total. The van der Waals surface area contributed by atoms with Crippen molar-refractivity contribution in [2.24, 2.45) is 0 Å². The number of ketones is 1. The number of aryl methyl sites for hydroxylation is 2. The average Bonchev–Trinajstić information content (AvgIpc) is 3.19. The van der Waals surface area contributed by atoms with E-state index in [0.29, 0.717) is 13.0 Å². The van der Waals surface area contributed by atoms with Crippen molar-refractivity contribution in [2.45, 2.75) is 39.7 Å². The molecular weight excluding hydrogens is 376 g/mol. The van der Waals surface area contributed by atoms with Gasteiger partial charge >= 0.3 is 0 Å². The van der Waals surface area contributed by atoms with Crippen LogP contribution in [0.1, 0.15) is 42.3 Å². The van der Waals surface area contributed by atoms with E-state index in [1.807, 2.05) is 49.4 Å². The van der Waals surface area contributed by atoms with Gasteiger partial charge in [-0.25, -0.2) is 0 Å². The summed E-state index contributed by atoms with van der Waals surface area (Å²) in [6.45, 7) is 5.91. The van der Waals surface area contributed by atoms with E-state index in [-0.39, 0.29) is 11.4 Å². The van der Waals surface area contributed by atoms with E-state index >= 15 is 0 Å². The molecule has 1 aliphatic rings. The Labute approximate surface area is 176 Å². The Morgan fingerprint density at radius 1 is 1.13 bits per heavy atom. The molecule has 0 bridgehead atoms. The quantitative estimate of drug-likeness (QED) is 0.634. The predicted molar refractivity (Wildman–Crippen MR) is 117 cm³/mol. The van der Waals surface area contributed by atoms with E-state index in [1.165, 1.54) is 12.5 Å². The van der Waals surface area contributed by atoms with Crippen molar-refractivity contribution in [1.82, 2.24) is 9.88 Å². The number of aromatic amines is 1. The van der Waals surface area contributed by atoms with Crippen LogP contribution in [0, 0.1) is 6.92 Å². The van der Waals surface area contributed by atoms with Crippen LogP contribution in [0.15, 0.2) is 59.9 Å². The molecule has 5 heteroatoms. The van der Waals surface area contributed by atoms with Gasteiger partial charge in [-0.15, -0.1) is 0 Å². The maximum Gasteiger partial charge on any atom is 0.290 e. The minimum atomic E-state index is -0.564. The number of amides is 1. The highest BCUT2D eigenvalue weighted by molar-refractivity contribution is 6.08. The maximum atomic E-state index is 12.9. The molecule has 2 aromatic carbocycles. The lowest BCUT2D eigenvalue weighted by atomic mass is 9.95. The molecule has 1 atom stereocenters. The zero-order valence-corrected chi connectivity index (χ0v) is 17.5. The first-order valence-corrected chi connectivity index (χ1v) is 10.3. The Hall–Kier alpha value is -3.34. The summed E-state index contributed by atoms with van der Waals surface area (Å²) in [6.07, 6.45) is 1.54. The normalized spacial score (nSPS) is 16.7. The van der Waals surface area contributed by atoms with Gasteiger partial charge in [0.2, 0.25) is 0 Å². The molecule has 0 saturated carbocycles. The number of carbonyl (C=O) groups excluding carboxylic acids is 2. The van der Waals surface area contributed by atoms with Gasteiger partial charge in [0, 0.05) is 23.1 Å². The fraction of sp³-hybridized carbons (Fsp3) is 0.280. The Kier molecular flexibility index (Phi) is 5.20. The Morgan fingerprint density at radius 2 is 1.83 bits per heavy atom. The van der Waals surface area contributed by atoms with Crippen LogP contribution in [0.3, 0.4) is 0 Å². The van der Waals surface area contributed by atoms with Crippen LogP contribution in [0.4, 0.5) is 0 Å². The molecule has 0 saturated heterocycles. The molecule has 4 rings (SSSR count). The van der Waals surface area contributed by atoms with Gasteiger partial charge in [0.15, 0.2) is 11.5 Å². The first-order chi connectivity index (χ1) is 14.4. The predicted octanol–water partition coefficient (Wildman–Crippen LogP) is 4.57. The first-order valence-electron chi connectivity index (χ1n) is 10.3. The molecule has 1 aliphatic heterocycles. The number of aliphatic hydroxyl groups excluding tert-OH is 1. The molecule has 154 valence electrons. The third-order valence-corrected chi connectivity index (χ3v) is 6.02. The van der Waals surface area contributed by atoms with Crippen LogP contribution in [0.5, 0.6) is 0 Å². The third-order valence-electron chi connectivity index (χ3n) is 6.02. The van der Waals surface area contributed by atoms with Crippen LogP contribution in [0.2, 0.25) is 0 Å². The van der Waals surface area contributed by atoms with E-state index in [9.17, 15) is 14.7 Å². The minimum Gasteiger partial charge on any atom is -0.503 e. The Bertz CT molecular complexity index is 1150. The van der Waals surface area contributed by atoms with Crippen LogP contribution < -0.4 is 0 Å². The van der Waals surface area contributed by atoms with Gasteiger partial charge < -0.3 is 15.0 Å². The van der Waals surface area contributed by atoms with Crippen molar-refractivity contribution in [1.29, 1.82) is 0 Å². The van der Waals surface area contributed by atoms with Gasteiger partial charge in [-0.2, -0.15) is 0 Å². The number of hydrogen-bond donors (Lipinski definition) is 2. The number of para-hydroxylation sites is 1. The summed E-state index contributed by atoms with van der Waals surface area (Å²) in [5.74, 6) is -1.19. The number of nitrogens with one attached hydrogen (secondary N) is 1. The maximum absolute atomic E-state index is 12.9. The number of rotatable bonds is 6. The Balaban J connectivity index is 1.68. The molecule has 1 aromatic heterocycles. The zero-order chi connectivity index (χ0) is 21.4. The second kappa shape index (κ2) is 7.82. The fourth-order valence-corrected chi connectivity index (χ4v) is 4.42. The van der Waals surface area contributed by atoms with Gasteiger partial charge in [0.05, 0.1) is 11.6 Å². The van der Waals surface area contributed by atoms with Gasteiger partial charge in [-0.3, -0.25) is 9.59 Å². The molecule has 30 heavy (non-hydrogen) atoms. The van der Waals surface area contributed by atoms with E-state index in [4.69, 9.17) is 0 Å². The number of aromatic nitrogens is 1. The monoisotopic (exact) mass is 402 g/mol. The molecule has 0 fully saturated rings. The summed E-state index contributed by atoms with van der Waals surface area (Å²) in [5, 5.41) is 11.6. The van der Waals surface area contributed by atoms with E-state index < -0.39 is 17.7 Å². The fourth-order valence-electron chi connectivity index (χ4n) is 4.42. The molecule has 1 amide bonds. The minimum absolute atomic E-state index is 0.180. The van der Waals surface area contributed by atoms with Crippen LogP contribution in [-0.4, -0.2) is 33.2 Å². The lowest BCUT2D eigenvalue weighted by Crippen LogP contribution is -2.33. The van der Waals surface area contributed by atoms with Crippen molar-refractivity contribution in [3.63, 3.8) is 0 Å². The third kappa shape index (κ3) is 3.30. The van der Waals surface area contributed by atoms with Crippen molar-refractivity contribution >= 4 is 22.6 Å². The standard InChI is InChI=1S/C25H26N2O3/c1-4-17-9-11-18(12-10-17)23-22(16(3)28)24(29)25(30)27(23)14-13-19-15(2)26-21-8-6-5-7-20(19)21/h5-12,23,26,29H,4,13-14H2,1-3H3. The van der Waals surface area contributed by atoms with Gasteiger partial charge in [0.25, 0.3) is 5.91 Å². The highest BCUT2D eigenvalue weighted by Crippen LogP contribution is 2.38. The second-order valence-corrected chi connectivity index (χ2v) is 7.84. The lowest BCUT2D eigenvalue weighted by molar-refractivity contribution is -0.129. The average molecular weight is 402 g/mol. The second-order valence-electron chi connectivity index (χ2n) is 7.84. The number of benzene rings is 2. The SMILES string of the molecule is CCc1ccc(C2C(C(C)=O)=C(O)C(=O)N2CCc2c(C)[nH]c3ccccc23)cc1. The molecule has 0 radical (unpaired) electrons. The smallest absolute Gasteiger partial charge is 0.290 e. The number of aliphatic hydroxyl groups is 1. The number of nitrogens with zero attached hydrogens (tertiary/aromatic N) is 1. The van der Waals surface area contributed by atoms with Crippen molar-refractivity contribution < 1.29 is 14.7 Å². The summed E-state index contributed by atoms with van der Waals surface area (Å²) in [5.41, 5.74) is 5.48. The van der Waals surface area contributed by atoms with Crippen LogP contribution in [0.25, 0.3) is 10.9 Å². The van der Waals surface area contributed by atoms with Gasteiger partial charge in [0.1, 0.15) is 0 Å². The number of H-pyrrole nitrogens is 1. The molecule has 0 aliphatic carbocycles. The topological polar surface area (TPSA) is 73.4 Å². The first kappa shape index (κ1) is 20.0. The largest absolute Gasteiger partial charge is 0.503 e. The molecule has 1 unspecified atom stereocenters. The number of carbonyl (C=O) groups is 2. The molecule has 3 aromatic rings. The summed E-state index contributed by atoms with van der Waals surface area (Å²) in [6, 6.07) is 15.4. The Morgan fingerprint density at radius 3 is 2.50 bits per heavy atom. The zero-order valence-electron chi connectivity index (χ0n) is 17.5. The molecule has 2 heterocycles. The van der Waals surface area contributed by atoms with Gasteiger partial charge in [-0.05, 0) is 49.4 Å². The van der Waals surface area contributed by atoms with Gasteiger partial charge in [-0.1, -0.05) is 49.4 Å². The van der Waals surface area contributed by atoms with Crippen molar-refractivity contribution in [2.75, 3.05) is 6.54 Å². The highest BCUT2D eigenvalue weighted by atomic mass is 16.3. The van der Waals surface area contributed by atoms with E-state index in [2.05, 4.69) is 18.0 Å². The van der Waals surface area contributed by atoms with Crippen LogP contribution in [-0.2, 0) is 22.4 Å². The molecule has 0 spiro atoms. The van der Waals surface area contributed by atoms with Crippen LogP contribution >= 0.6 is 0 Å². The number of hydrogen-bond acceptors (Lipinski definition) is 3. The highest BCUT2D eigenvalue weighted by Gasteiger charge is 2.42. The molecule has 2 N–H and O–H groups in total. The van der Waals surface area contributed by atoms with E-state index in [0.717, 1.165) is 34.1 Å². The number of fused-ring (bicyclic) bond motifs is 1. The molecular formula is C25H26N2O3.